The van der Waals surface area contributed by atoms with Crippen LogP contribution in [-0.4, -0.2) is 25.5 Å². The zero-order chi connectivity index (χ0) is 10.3. The molecule has 0 aliphatic carbocycles. The third-order valence-corrected chi connectivity index (χ3v) is 9.45. The summed E-state index contributed by atoms with van der Waals surface area (Å²) in [7, 11) is -3.37. The van der Waals surface area contributed by atoms with E-state index in [0.29, 0.717) is 13.2 Å². The van der Waals surface area contributed by atoms with Gasteiger partial charge in [0.25, 0.3) is 0 Å². The summed E-state index contributed by atoms with van der Waals surface area (Å²) < 4.78 is 22.7. The first-order valence-corrected chi connectivity index (χ1v) is 8.75. The van der Waals surface area contributed by atoms with Gasteiger partial charge < -0.3 is 9.05 Å². The Balaban J connectivity index is 4.44. The van der Waals surface area contributed by atoms with E-state index in [4.69, 9.17) is 9.05 Å². The summed E-state index contributed by atoms with van der Waals surface area (Å²) in [4.78, 5) is 0. The van der Waals surface area contributed by atoms with Crippen molar-refractivity contribution in [3.63, 3.8) is 0 Å². The van der Waals surface area contributed by atoms with Crippen LogP contribution in [0.5, 0.6) is 0 Å². The highest BCUT2D eigenvalue weighted by Crippen LogP contribution is 2.76. The van der Waals surface area contributed by atoms with E-state index in [1.807, 2.05) is 27.7 Å². The molecule has 0 aliphatic rings. The average molecular weight is 226 g/mol. The van der Waals surface area contributed by atoms with Gasteiger partial charge in [0.2, 0.25) is 0 Å². The van der Waals surface area contributed by atoms with E-state index in [2.05, 4.69) is 0 Å². The number of hydrogen-bond donors (Lipinski definition) is 0. The number of hydrogen-bond acceptors (Lipinski definition) is 3. The van der Waals surface area contributed by atoms with Crippen molar-refractivity contribution < 1.29 is 13.6 Å². The maximum atomic E-state index is 12.2. The molecule has 0 radical (unpaired) electrons. The average Bonchev–Trinajstić information content (AvgIpc) is 2.07. The first-order valence-electron chi connectivity index (χ1n) is 4.79. The molecule has 0 N–H and O–H groups in total. The van der Waals surface area contributed by atoms with Crippen molar-refractivity contribution in [2.75, 3.05) is 25.5 Å². The molecule has 0 fully saturated rings. The Morgan fingerprint density at radius 2 is 1.38 bits per heavy atom. The Hall–Kier alpha value is 0.580. The first kappa shape index (κ1) is 13.6. The fourth-order valence-corrected chi connectivity index (χ4v) is 7.04. The van der Waals surface area contributed by atoms with Gasteiger partial charge in [-0.2, -0.15) is 0 Å². The normalized spacial score (nSPS) is 12.4. The summed E-state index contributed by atoms with van der Waals surface area (Å²) in [5, 5.41) is 0. The van der Waals surface area contributed by atoms with E-state index >= 15 is 0 Å². The lowest BCUT2D eigenvalue weighted by molar-refractivity contribution is 0.235. The van der Waals surface area contributed by atoms with Gasteiger partial charge in [0.15, 0.2) is 0 Å². The van der Waals surface area contributed by atoms with Gasteiger partial charge in [0.1, 0.15) is 0 Å². The smallest absolute Gasteiger partial charge is 0.306 e. The van der Waals surface area contributed by atoms with E-state index in [0.717, 1.165) is 12.3 Å². The predicted molar refractivity (Wildman–Crippen MR) is 58.9 cm³/mol. The Kier molecular flexibility index (Phi) is 7.26. The molecule has 13 heavy (non-hydrogen) atoms. The Morgan fingerprint density at radius 1 is 1.00 bits per heavy atom. The zero-order valence-corrected chi connectivity index (χ0v) is 10.7. The van der Waals surface area contributed by atoms with Gasteiger partial charge in [-0.1, -0.05) is 13.8 Å². The molecule has 0 rings (SSSR count). The molecule has 0 spiro atoms. The fraction of sp³-hybridized carbons (Fsp3) is 1.00. The minimum Gasteiger partial charge on any atom is -0.306 e. The van der Waals surface area contributed by atoms with Crippen molar-refractivity contribution in [1.82, 2.24) is 0 Å². The maximum Gasteiger partial charge on any atom is 0.349 e. The fourth-order valence-electron chi connectivity index (χ4n) is 1.10. The van der Waals surface area contributed by atoms with Gasteiger partial charge >= 0.3 is 7.28 Å². The predicted octanol–water partition coefficient (Wildman–Crippen LogP) is 3.69. The highest BCUT2D eigenvalue weighted by atomic mass is 32.1. The van der Waals surface area contributed by atoms with Gasteiger partial charge in [0.05, 0.1) is 13.2 Å². The summed E-state index contributed by atoms with van der Waals surface area (Å²) in [5.74, 6) is 0. The summed E-state index contributed by atoms with van der Waals surface area (Å²) in [6, 6.07) is 0. The SMILES string of the molecule is CCOP(=O)(OCC)P(CC)CC. The van der Waals surface area contributed by atoms with Crippen LogP contribution in [0.3, 0.4) is 0 Å². The van der Waals surface area contributed by atoms with E-state index in [1.54, 1.807) is 0 Å². The van der Waals surface area contributed by atoms with Crippen LogP contribution in [0.15, 0.2) is 0 Å². The molecule has 80 valence electrons. The monoisotopic (exact) mass is 226 g/mol. The molecular weight excluding hydrogens is 206 g/mol. The molecule has 3 nitrogen and oxygen atoms in total. The molecule has 0 bridgehead atoms. The Labute approximate surface area is 82.4 Å². The van der Waals surface area contributed by atoms with Crippen LogP contribution in [0.1, 0.15) is 27.7 Å². The van der Waals surface area contributed by atoms with Crippen molar-refractivity contribution in [2.24, 2.45) is 0 Å². The lowest BCUT2D eigenvalue weighted by Gasteiger charge is -2.24. The van der Waals surface area contributed by atoms with E-state index in [1.165, 1.54) is 0 Å². The minimum atomic E-state index is -2.76. The van der Waals surface area contributed by atoms with Crippen LogP contribution in [0, 0.1) is 0 Å². The summed E-state index contributed by atoms with van der Waals surface area (Å²) in [6.07, 6.45) is 1.81. The van der Waals surface area contributed by atoms with Crippen molar-refractivity contribution in [2.45, 2.75) is 27.7 Å². The van der Waals surface area contributed by atoms with Crippen molar-refractivity contribution in [3.8, 4) is 0 Å². The second-order valence-corrected chi connectivity index (χ2v) is 9.34. The van der Waals surface area contributed by atoms with E-state index < -0.39 is 14.9 Å². The van der Waals surface area contributed by atoms with Crippen molar-refractivity contribution in [3.05, 3.63) is 0 Å². The minimum absolute atomic E-state index is 0.468. The third-order valence-electron chi connectivity index (χ3n) is 1.66. The molecule has 0 atom stereocenters. The molecule has 0 aromatic carbocycles. The van der Waals surface area contributed by atoms with Gasteiger partial charge in [-0.3, -0.25) is 4.57 Å². The largest absolute Gasteiger partial charge is 0.349 e. The van der Waals surface area contributed by atoms with Crippen LogP contribution in [0.2, 0.25) is 0 Å². The van der Waals surface area contributed by atoms with Gasteiger partial charge in [-0.15, -0.1) is 0 Å². The van der Waals surface area contributed by atoms with Crippen LogP contribution >= 0.6 is 14.9 Å². The quantitative estimate of drug-likeness (QED) is 0.621. The van der Waals surface area contributed by atoms with Gasteiger partial charge in [-0.25, -0.2) is 0 Å². The molecule has 0 saturated heterocycles. The standard InChI is InChI=1S/C8H20O3P2/c1-5-10-13(9,11-6-2)12(7-3)8-4/h5-8H2,1-4H3. The first-order chi connectivity index (χ1) is 6.14. The highest BCUT2D eigenvalue weighted by Gasteiger charge is 2.32. The molecule has 0 aromatic heterocycles. The second-order valence-electron chi connectivity index (χ2n) is 2.44. The van der Waals surface area contributed by atoms with Crippen molar-refractivity contribution >= 4 is 14.9 Å². The molecule has 0 heterocycles. The molecule has 0 amide bonds. The lowest BCUT2D eigenvalue weighted by atomic mass is 10.9. The molecule has 5 heteroatoms. The van der Waals surface area contributed by atoms with Gasteiger partial charge in [0, 0.05) is 7.61 Å². The maximum absolute atomic E-state index is 12.2. The zero-order valence-electron chi connectivity index (χ0n) is 8.95. The topological polar surface area (TPSA) is 35.5 Å². The van der Waals surface area contributed by atoms with Crippen molar-refractivity contribution in [1.29, 1.82) is 0 Å². The Bertz CT molecular complexity index is 159. The molecule has 0 aromatic rings. The summed E-state index contributed by atoms with van der Waals surface area (Å²) in [5.41, 5.74) is 0. The van der Waals surface area contributed by atoms with Crippen LogP contribution in [-0.2, 0) is 13.6 Å². The second kappa shape index (κ2) is 6.95. The van der Waals surface area contributed by atoms with Crippen LogP contribution in [0.4, 0.5) is 0 Å². The molecule has 0 aliphatic heterocycles. The molecular formula is C8H20O3P2. The number of rotatable bonds is 7. The molecule has 0 saturated carbocycles. The third kappa shape index (κ3) is 4.08. The van der Waals surface area contributed by atoms with Gasteiger partial charge in [-0.05, 0) is 26.2 Å². The highest BCUT2D eigenvalue weighted by molar-refractivity contribution is 8.28. The summed E-state index contributed by atoms with van der Waals surface area (Å²) in [6.45, 7) is 8.72. The van der Waals surface area contributed by atoms with Crippen LogP contribution < -0.4 is 0 Å². The van der Waals surface area contributed by atoms with E-state index in [9.17, 15) is 4.57 Å². The van der Waals surface area contributed by atoms with E-state index in [-0.39, 0.29) is 0 Å². The Morgan fingerprint density at radius 3 is 1.62 bits per heavy atom. The van der Waals surface area contributed by atoms with Crippen LogP contribution in [0.25, 0.3) is 0 Å². The lowest BCUT2D eigenvalue weighted by Crippen LogP contribution is -1.97. The molecule has 0 unspecified atom stereocenters. The summed E-state index contributed by atoms with van der Waals surface area (Å²) >= 11 is 0.